The molecule has 6 nitrogen and oxygen atoms in total. The molecule has 0 bridgehead atoms. The lowest BCUT2D eigenvalue weighted by Crippen LogP contribution is -2.07. The van der Waals surface area contributed by atoms with Crippen molar-refractivity contribution in [1.29, 1.82) is 0 Å². The summed E-state index contributed by atoms with van der Waals surface area (Å²) in [5, 5.41) is 1.02. The molecular weight excluding hydrogens is 402 g/mol. The van der Waals surface area contributed by atoms with Gasteiger partial charge >= 0.3 is 0 Å². The van der Waals surface area contributed by atoms with Crippen molar-refractivity contribution in [2.24, 2.45) is 0 Å². The van der Waals surface area contributed by atoms with E-state index in [0.29, 0.717) is 28.5 Å². The summed E-state index contributed by atoms with van der Waals surface area (Å²) in [4.78, 5) is 25.0. The molecule has 2 heterocycles. The van der Waals surface area contributed by atoms with Gasteiger partial charge in [-0.05, 0) is 36.4 Å². The maximum absolute atomic E-state index is 13.8. The number of carbonyl (C=O) groups is 1. The van der Waals surface area contributed by atoms with Gasteiger partial charge in [0.25, 0.3) is 0 Å². The first kappa shape index (κ1) is 19.6. The molecule has 2 N–H and O–H groups in total. The fourth-order valence-electron chi connectivity index (χ4n) is 3.82. The monoisotopic (exact) mass is 423 g/mol. The van der Waals surface area contributed by atoms with Crippen LogP contribution in [0.1, 0.15) is 21.7 Å². The van der Waals surface area contributed by atoms with E-state index in [-0.39, 0.29) is 5.78 Å². The molecule has 0 aliphatic heterocycles. The highest BCUT2D eigenvalue weighted by atomic mass is 16.5. The molecule has 3 aromatic carbocycles. The van der Waals surface area contributed by atoms with E-state index in [0.717, 1.165) is 27.5 Å². The van der Waals surface area contributed by atoms with Crippen molar-refractivity contribution in [3.63, 3.8) is 0 Å². The van der Waals surface area contributed by atoms with E-state index in [9.17, 15) is 4.79 Å². The number of para-hydroxylation sites is 3. The third-order valence-corrected chi connectivity index (χ3v) is 5.46. The van der Waals surface area contributed by atoms with Crippen LogP contribution in [0.4, 0.5) is 0 Å². The standard InChI is InChI=1S/C26H21N3O3/c1-31-17-11-12-19(24(14-17)32-2)25(30)20(26-28-22-9-5-6-10-23(22)29-26)13-16-15-27-21-8-4-3-7-18(16)21/h3-15,27H,1-2H3,(H,28,29). The molecule has 0 aliphatic carbocycles. The van der Waals surface area contributed by atoms with Gasteiger partial charge in [-0.1, -0.05) is 30.3 Å². The van der Waals surface area contributed by atoms with Gasteiger partial charge in [-0.3, -0.25) is 4.79 Å². The highest BCUT2D eigenvalue weighted by Crippen LogP contribution is 2.31. The number of carbonyl (C=O) groups excluding carboxylic acids is 1. The molecule has 5 rings (SSSR count). The van der Waals surface area contributed by atoms with Crippen LogP contribution in [0.2, 0.25) is 0 Å². The highest BCUT2D eigenvalue weighted by Gasteiger charge is 2.22. The first-order valence-corrected chi connectivity index (χ1v) is 10.2. The smallest absolute Gasteiger partial charge is 0.200 e. The molecule has 5 aromatic rings. The normalized spacial score (nSPS) is 11.8. The van der Waals surface area contributed by atoms with Crippen LogP contribution < -0.4 is 9.47 Å². The number of Topliss-reactive ketones (excluding diaryl/α,β-unsaturated/α-hetero) is 1. The van der Waals surface area contributed by atoms with E-state index < -0.39 is 0 Å². The summed E-state index contributed by atoms with van der Waals surface area (Å²) in [6, 6.07) is 20.8. The van der Waals surface area contributed by atoms with Gasteiger partial charge < -0.3 is 19.4 Å². The van der Waals surface area contributed by atoms with Gasteiger partial charge in [0.2, 0.25) is 5.78 Å². The lowest BCUT2D eigenvalue weighted by Gasteiger charge is -2.11. The lowest BCUT2D eigenvalue weighted by atomic mass is 9.99. The van der Waals surface area contributed by atoms with E-state index in [1.807, 2.05) is 60.8 Å². The van der Waals surface area contributed by atoms with Crippen LogP contribution in [-0.2, 0) is 0 Å². The van der Waals surface area contributed by atoms with Crippen molar-refractivity contribution < 1.29 is 14.3 Å². The van der Waals surface area contributed by atoms with Gasteiger partial charge in [-0.15, -0.1) is 0 Å². The first-order valence-electron chi connectivity index (χ1n) is 10.2. The molecule has 0 atom stereocenters. The van der Waals surface area contributed by atoms with E-state index in [1.165, 1.54) is 7.11 Å². The minimum Gasteiger partial charge on any atom is -0.497 e. The number of hydrogen-bond acceptors (Lipinski definition) is 4. The maximum Gasteiger partial charge on any atom is 0.200 e. The van der Waals surface area contributed by atoms with E-state index in [1.54, 1.807) is 25.3 Å². The molecule has 0 fully saturated rings. The second kappa shape index (κ2) is 8.07. The van der Waals surface area contributed by atoms with Crippen molar-refractivity contribution in [2.45, 2.75) is 0 Å². The Morgan fingerprint density at radius 1 is 0.938 bits per heavy atom. The Morgan fingerprint density at radius 2 is 1.72 bits per heavy atom. The van der Waals surface area contributed by atoms with E-state index in [2.05, 4.69) is 15.0 Å². The predicted octanol–water partition coefficient (Wildman–Crippen LogP) is 5.48. The summed E-state index contributed by atoms with van der Waals surface area (Å²) >= 11 is 0. The summed E-state index contributed by atoms with van der Waals surface area (Å²) in [5.41, 5.74) is 4.42. The number of allylic oxidation sites excluding steroid dienone is 1. The average molecular weight is 423 g/mol. The molecule has 0 unspecified atom stereocenters. The van der Waals surface area contributed by atoms with Gasteiger partial charge in [-0.25, -0.2) is 4.98 Å². The number of benzene rings is 3. The minimum atomic E-state index is -0.200. The van der Waals surface area contributed by atoms with Gasteiger partial charge in [0, 0.05) is 28.7 Å². The average Bonchev–Trinajstić information content (AvgIpc) is 3.45. The number of imidazole rings is 1. The number of hydrogen-bond donors (Lipinski definition) is 2. The summed E-state index contributed by atoms with van der Waals surface area (Å²) in [6.07, 6.45) is 3.76. The number of rotatable bonds is 6. The number of ketones is 1. The molecule has 0 aliphatic rings. The van der Waals surface area contributed by atoms with Crippen molar-refractivity contribution in [3.05, 3.63) is 89.9 Å². The number of aromatic nitrogens is 3. The molecule has 2 aromatic heterocycles. The molecule has 0 spiro atoms. The molecule has 6 heteroatoms. The van der Waals surface area contributed by atoms with Crippen LogP contribution in [0.25, 0.3) is 33.6 Å². The number of nitrogens with zero attached hydrogens (tertiary/aromatic N) is 1. The third-order valence-electron chi connectivity index (χ3n) is 5.46. The molecule has 32 heavy (non-hydrogen) atoms. The van der Waals surface area contributed by atoms with Crippen LogP contribution in [0.15, 0.2) is 72.9 Å². The Labute approximate surface area is 184 Å². The molecule has 0 radical (unpaired) electrons. The van der Waals surface area contributed by atoms with Crippen LogP contribution in [-0.4, -0.2) is 35.0 Å². The Bertz CT molecular complexity index is 1440. The fourth-order valence-corrected chi connectivity index (χ4v) is 3.82. The van der Waals surface area contributed by atoms with Gasteiger partial charge in [0.15, 0.2) is 0 Å². The van der Waals surface area contributed by atoms with Crippen molar-refractivity contribution >= 4 is 39.4 Å². The molecular formula is C26H21N3O3. The number of ether oxygens (including phenoxy) is 2. The first-order chi connectivity index (χ1) is 15.7. The van der Waals surface area contributed by atoms with Crippen LogP contribution in [0.5, 0.6) is 11.5 Å². The second-order valence-corrected chi connectivity index (χ2v) is 7.35. The largest absolute Gasteiger partial charge is 0.497 e. The number of nitrogens with one attached hydrogen (secondary N) is 2. The van der Waals surface area contributed by atoms with Crippen LogP contribution in [0.3, 0.4) is 0 Å². The topological polar surface area (TPSA) is 80.0 Å². The SMILES string of the molecule is COc1ccc(C(=O)C(=Cc2c[nH]c3ccccc23)c2nc3ccccc3[nH]2)c(OC)c1. The quantitative estimate of drug-likeness (QED) is 0.280. The number of aromatic amines is 2. The highest BCUT2D eigenvalue weighted by molar-refractivity contribution is 6.33. The number of methoxy groups -OCH3 is 2. The zero-order chi connectivity index (χ0) is 22.1. The Hall–Kier alpha value is -4.32. The van der Waals surface area contributed by atoms with E-state index in [4.69, 9.17) is 9.47 Å². The zero-order valence-electron chi connectivity index (χ0n) is 17.7. The Kier molecular flexibility index (Phi) is 4.95. The molecule has 0 saturated carbocycles. The van der Waals surface area contributed by atoms with Gasteiger partial charge in [0.05, 0.1) is 36.4 Å². The van der Waals surface area contributed by atoms with Gasteiger partial charge in [0.1, 0.15) is 17.3 Å². The zero-order valence-corrected chi connectivity index (χ0v) is 17.7. The molecule has 0 saturated heterocycles. The van der Waals surface area contributed by atoms with Crippen LogP contribution >= 0.6 is 0 Å². The summed E-state index contributed by atoms with van der Waals surface area (Å²) < 4.78 is 10.8. The van der Waals surface area contributed by atoms with Gasteiger partial charge in [-0.2, -0.15) is 0 Å². The van der Waals surface area contributed by atoms with Crippen LogP contribution in [0, 0.1) is 0 Å². The van der Waals surface area contributed by atoms with Crippen molar-refractivity contribution in [1.82, 2.24) is 15.0 Å². The molecule has 0 amide bonds. The number of fused-ring (bicyclic) bond motifs is 2. The summed E-state index contributed by atoms with van der Waals surface area (Å²) in [7, 11) is 3.11. The van der Waals surface area contributed by atoms with Crippen molar-refractivity contribution in [2.75, 3.05) is 14.2 Å². The second-order valence-electron chi connectivity index (χ2n) is 7.35. The molecule has 158 valence electrons. The summed E-state index contributed by atoms with van der Waals surface area (Å²) in [6.45, 7) is 0. The third kappa shape index (κ3) is 3.41. The fraction of sp³-hybridized carbons (Fsp3) is 0.0769. The Balaban J connectivity index is 1.70. The lowest BCUT2D eigenvalue weighted by molar-refractivity contribution is 0.105. The van der Waals surface area contributed by atoms with E-state index >= 15 is 0 Å². The predicted molar refractivity (Wildman–Crippen MR) is 126 cm³/mol. The Morgan fingerprint density at radius 3 is 2.50 bits per heavy atom. The summed E-state index contributed by atoms with van der Waals surface area (Å²) in [5.74, 6) is 1.35. The minimum absolute atomic E-state index is 0.200. The number of H-pyrrole nitrogens is 2. The van der Waals surface area contributed by atoms with Crippen molar-refractivity contribution in [3.8, 4) is 11.5 Å². The maximum atomic E-state index is 13.8.